The number of nitrogens with zero attached hydrogens (tertiary/aromatic N) is 1. The van der Waals surface area contributed by atoms with Crippen LogP contribution in [-0.2, 0) is 10.0 Å². The summed E-state index contributed by atoms with van der Waals surface area (Å²) in [5, 5.41) is 3.22. The first-order chi connectivity index (χ1) is 11.9. The molecular weight excluding hydrogens is 416 g/mol. The minimum absolute atomic E-state index is 0.0521. The van der Waals surface area contributed by atoms with Crippen LogP contribution in [0.25, 0.3) is 0 Å². The van der Waals surface area contributed by atoms with Crippen LogP contribution in [0.1, 0.15) is 50.4 Å². The van der Waals surface area contributed by atoms with Crippen molar-refractivity contribution in [1.29, 1.82) is 0 Å². The smallest absolute Gasteiger partial charge is 0.251 e. The van der Waals surface area contributed by atoms with E-state index in [1.807, 2.05) is 0 Å². The van der Waals surface area contributed by atoms with Crippen LogP contribution in [0.3, 0.4) is 0 Å². The number of rotatable bonds is 4. The quantitative estimate of drug-likeness (QED) is 0.773. The Morgan fingerprint density at radius 3 is 2.46 bits per heavy atom. The zero-order valence-corrected chi connectivity index (χ0v) is 18.4. The van der Waals surface area contributed by atoms with E-state index in [9.17, 15) is 13.2 Å². The van der Waals surface area contributed by atoms with Crippen molar-refractivity contribution in [3.63, 3.8) is 0 Å². The van der Waals surface area contributed by atoms with Crippen LogP contribution >= 0.6 is 15.9 Å². The van der Waals surface area contributed by atoms with E-state index in [2.05, 4.69) is 42.0 Å². The van der Waals surface area contributed by atoms with E-state index in [0.717, 1.165) is 17.1 Å². The molecule has 2 aliphatic carbocycles. The number of nitrogens with one attached hydrogen (secondary N) is 1. The summed E-state index contributed by atoms with van der Waals surface area (Å²) in [4.78, 5) is 13.0. The summed E-state index contributed by atoms with van der Waals surface area (Å²) >= 11 is 3.29. The first kappa shape index (κ1) is 19.8. The molecule has 2 bridgehead atoms. The van der Waals surface area contributed by atoms with E-state index in [0.29, 0.717) is 16.0 Å². The number of hydrogen-bond donors (Lipinski definition) is 1. The highest BCUT2D eigenvalue weighted by atomic mass is 79.9. The number of halogens is 1. The molecule has 2 fully saturated rings. The Morgan fingerprint density at radius 1 is 1.27 bits per heavy atom. The maximum absolute atomic E-state index is 12.9. The number of amides is 1. The zero-order valence-electron chi connectivity index (χ0n) is 16.0. The fourth-order valence-electron chi connectivity index (χ4n) is 4.92. The van der Waals surface area contributed by atoms with Gasteiger partial charge >= 0.3 is 0 Å². The topological polar surface area (TPSA) is 66.5 Å². The van der Waals surface area contributed by atoms with E-state index in [1.54, 1.807) is 12.1 Å². The predicted molar refractivity (Wildman–Crippen MR) is 105 cm³/mol. The van der Waals surface area contributed by atoms with Gasteiger partial charge in [-0.15, -0.1) is 0 Å². The molecule has 1 aromatic carbocycles. The lowest BCUT2D eigenvalue weighted by atomic mass is 9.68. The van der Waals surface area contributed by atoms with Crippen molar-refractivity contribution in [2.45, 2.75) is 51.0 Å². The normalized spacial score (nSPS) is 30.0. The van der Waals surface area contributed by atoms with Crippen molar-refractivity contribution in [3.8, 4) is 0 Å². The predicted octanol–water partition coefficient (Wildman–Crippen LogP) is 3.64. The molecule has 2 saturated carbocycles. The van der Waals surface area contributed by atoms with Crippen LogP contribution in [0.4, 0.5) is 0 Å². The van der Waals surface area contributed by atoms with E-state index in [-0.39, 0.29) is 27.7 Å². The second-order valence-corrected chi connectivity index (χ2v) is 11.7. The molecule has 0 aromatic heterocycles. The van der Waals surface area contributed by atoms with Crippen LogP contribution < -0.4 is 5.32 Å². The average Bonchev–Trinajstić information content (AvgIpc) is 3.02. The van der Waals surface area contributed by atoms with Crippen molar-refractivity contribution in [3.05, 3.63) is 28.2 Å². The Morgan fingerprint density at radius 2 is 1.92 bits per heavy atom. The number of hydrogen-bond acceptors (Lipinski definition) is 3. The van der Waals surface area contributed by atoms with E-state index >= 15 is 0 Å². The molecule has 26 heavy (non-hydrogen) atoms. The molecule has 0 spiro atoms. The summed E-state index contributed by atoms with van der Waals surface area (Å²) in [5.41, 5.74) is 0.546. The molecule has 5 nitrogen and oxygen atoms in total. The number of fused-ring (bicyclic) bond motifs is 2. The Bertz CT molecular complexity index is 846. The van der Waals surface area contributed by atoms with Gasteiger partial charge in [-0.2, -0.15) is 0 Å². The number of carbonyl (C=O) groups excluding carboxylic acids is 1. The summed E-state index contributed by atoms with van der Waals surface area (Å²) < 4.78 is 26.6. The number of sulfonamides is 1. The third-order valence-electron chi connectivity index (χ3n) is 6.50. The van der Waals surface area contributed by atoms with Gasteiger partial charge in [0, 0.05) is 30.2 Å². The highest BCUT2D eigenvalue weighted by Crippen LogP contribution is 2.62. The fraction of sp³-hybridized carbons (Fsp3) is 0.632. The summed E-state index contributed by atoms with van der Waals surface area (Å²) in [6, 6.07) is 4.84. The van der Waals surface area contributed by atoms with Crippen LogP contribution in [-0.4, -0.2) is 38.8 Å². The number of carbonyl (C=O) groups is 1. The van der Waals surface area contributed by atoms with Gasteiger partial charge in [0.15, 0.2) is 0 Å². The molecule has 1 aromatic rings. The molecule has 0 saturated heterocycles. The molecule has 7 heteroatoms. The third kappa shape index (κ3) is 3.02. The molecule has 1 unspecified atom stereocenters. The summed E-state index contributed by atoms with van der Waals surface area (Å²) in [6.07, 6.45) is 3.50. The van der Waals surface area contributed by atoms with Gasteiger partial charge in [-0.3, -0.25) is 4.79 Å². The van der Waals surface area contributed by atoms with Gasteiger partial charge in [0.05, 0.1) is 4.90 Å². The van der Waals surface area contributed by atoms with Crippen molar-refractivity contribution in [2.75, 3.05) is 14.1 Å². The summed E-state index contributed by atoms with van der Waals surface area (Å²) in [6.45, 7) is 6.73. The van der Waals surface area contributed by atoms with E-state index in [1.165, 1.54) is 26.6 Å². The van der Waals surface area contributed by atoms with Crippen molar-refractivity contribution < 1.29 is 13.2 Å². The molecule has 3 rings (SSSR count). The molecule has 0 radical (unpaired) electrons. The maximum Gasteiger partial charge on any atom is 0.251 e. The molecule has 0 heterocycles. The molecule has 3 atom stereocenters. The van der Waals surface area contributed by atoms with Crippen LogP contribution in [0, 0.1) is 16.7 Å². The van der Waals surface area contributed by atoms with Crippen LogP contribution in [0.5, 0.6) is 0 Å². The van der Waals surface area contributed by atoms with Gasteiger partial charge in [0.1, 0.15) is 0 Å². The standard InChI is InChI=1S/C19H27BrN2O3S/c1-18(2)13-8-9-19(3,11-13)17(18)21-16(23)12-6-7-14(20)15(10-12)26(24,25)22(4)5/h6-7,10,13,17H,8-9,11H2,1-5H3,(H,21,23)/t13-,17?,19-/m1/s1. The van der Waals surface area contributed by atoms with Crippen molar-refractivity contribution >= 4 is 31.9 Å². The van der Waals surface area contributed by atoms with Gasteiger partial charge in [-0.1, -0.05) is 20.8 Å². The second kappa shape index (κ2) is 6.31. The first-order valence-corrected chi connectivity index (χ1v) is 11.2. The van der Waals surface area contributed by atoms with Gasteiger partial charge in [-0.05, 0) is 70.1 Å². The molecule has 144 valence electrons. The Balaban J connectivity index is 1.90. The first-order valence-electron chi connectivity index (χ1n) is 8.92. The van der Waals surface area contributed by atoms with Gasteiger partial charge in [0.2, 0.25) is 10.0 Å². The molecular formula is C19H27BrN2O3S. The molecule has 0 aliphatic heterocycles. The van der Waals surface area contributed by atoms with Gasteiger partial charge in [0.25, 0.3) is 5.91 Å². The van der Waals surface area contributed by atoms with E-state index in [4.69, 9.17) is 0 Å². The van der Waals surface area contributed by atoms with E-state index < -0.39 is 10.0 Å². The van der Waals surface area contributed by atoms with Crippen LogP contribution in [0.15, 0.2) is 27.6 Å². The molecule has 2 aliphatic rings. The second-order valence-electron chi connectivity index (χ2n) is 8.75. The minimum atomic E-state index is -3.63. The lowest BCUT2D eigenvalue weighted by Crippen LogP contribution is -2.52. The van der Waals surface area contributed by atoms with Gasteiger partial charge in [-0.25, -0.2) is 12.7 Å². The third-order valence-corrected chi connectivity index (χ3v) is 9.31. The maximum atomic E-state index is 12.9. The Hall–Kier alpha value is -0.920. The van der Waals surface area contributed by atoms with Crippen molar-refractivity contribution in [2.24, 2.45) is 16.7 Å². The molecule has 1 amide bonds. The SMILES string of the molecule is CN(C)S(=O)(=O)c1cc(C(=O)NC2C(C)(C)[C@@H]3CC[C@]2(C)C3)ccc1Br. The monoisotopic (exact) mass is 442 g/mol. The summed E-state index contributed by atoms with van der Waals surface area (Å²) in [5.74, 6) is 0.423. The van der Waals surface area contributed by atoms with Crippen LogP contribution in [0.2, 0.25) is 0 Å². The highest BCUT2D eigenvalue weighted by Gasteiger charge is 2.59. The summed E-state index contributed by atoms with van der Waals surface area (Å²) in [7, 11) is -0.669. The lowest BCUT2D eigenvalue weighted by Gasteiger charge is -2.43. The Kier molecular flexibility index (Phi) is 4.81. The largest absolute Gasteiger partial charge is 0.348 e. The average molecular weight is 443 g/mol. The number of benzene rings is 1. The Labute approximate surface area is 164 Å². The zero-order chi connectivity index (χ0) is 19.5. The highest BCUT2D eigenvalue weighted by molar-refractivity contribution is 9.10. The molecule has 1 N–H and O–H groups in total. The fourth-order valence-corrected chi connectivity index (χ4v) is 6.76. The lowest BCUT2D eigenvalue weighted by molar-refractivity contribution is 0.0737. The van der Waals surface area contributed by atoms with Gasteiger partial charge < -0.3 is 5.32 Å². The minimum Gasteiger partial charge on any atom is -0.348 e. The van der Waals surface area contributed by atoms with Crippen molar-refractivity contribution in [1.82, 2.24) is 9.62 Å².